The normalized spacial score (nSPS) is 13.5. The maximum atomic E-state index is 12.8. The molecular formula is C51H59N9O12. The molecule has 5 rings (SSSR count). The van der Waals surface area contributed by atoms with Gasteiger partial charge in [0.05, 0.1) is 0 Å². The van der Waals surface area contributed by atoms with Crippen molar-refractivity contribution in [1.29, 1.82) is 0 Å². The number of ether oxygens (including phenoxy) is 5. The third-order valence-corrected chi connectivity index (χ3v) is 10.8. The van der Waals surface area contributed by atoms with Crippen LogP contribution < -0.4 is 64.8 Å². The zero-order valence-corrected chi connectivity index (χ0v) is 39.2. The summed E-state index contributed by atoms with van der Waals surface area (Å²) in [6.07, 6.45) is 1.26. The largest absolute Gasteiger partial charge is 0.508 e. The van der Waals surface area contributed by atoms with Crippen molar-refractivity contribution in [2.45, 2.75) is 81.2 Å². The number of benzene rings is 5. The van der Waals surface area contributed by atoms with Gasteiger partial charge in [-0.3, -0.25) is 4.99 Å². The molecule has 0 bridgehead atoms. The average molecular weight is 990 g/mol. The van der Waals surface area contributed by atoms with Gasteiger partial charge in [-0.05, 0) is 133 Å². The molecular weight excluding hydrogens is 931 g/mol. The van der Waals surface area contributed by atoms with E-state index in [1.165, 1.54) is 36.4 Å². The molecule has 380 valence electrons. The summed E-state index contributed by atoms with van der Waals surface area (Å²) in [6, 6.07) is 25.2. The van der Waals surface area contributed by atoms with Gasteiger partial charge in [-0.15, -0.1) is 0 Å². The Bertz CT molecular complexity index is 2650. The zero-order valence-electron chi connectivity index (χ0n) is 39.2. The Hall–Kier alpha value is -8.05. The third-order valence-electron chi connectivity index (χ3n) is 10.8. The molecule has 17 N–H and O–H groups in total. The standard InChI is InChI=1S/C51H59N9O12/c52-39(2-1-23-60-51(58)59)45(62)68-35-15-5-30(6-16-35)25-41(54)47(64)70-37-19-9-32(10-20-37)27-43(56)49(66)72-50(67)44(57)28-33-11-21-38(22-12-33)71-48(65)42(55)26-31-7-17-36(18-8-31)69-46(63)40(53)24-29-3-13-34(61)14-4-29/h3-22,39-44,61H,1-2,23-28,52-57H2,(H4,58,59,60)/t39-,40-,41-,42-,43-,44-/m0/s1. The lowest BCUT2D eigenvalue weighted by Gasteiger charge is -2.15. The molecule has 0 heterocycles. The second kappa shape index (κ2) is 26.8. The van der Waals surface area contributed by atoms with Crippen LogP contribution in [0.3, 0.4) is 0 Å². The Morgan fingerprint density at radius 1 is 0.389 bits per heavy atom. The highest BCUT2D eigenvalue weighted by Crippen LogP contribution is 2.20. The lowest BCUT2D eigenvalue weighted by molar-refractivity contribution is -0.161. The molecule has 0 radical (unpaired) electrons. The van der Waals surface area contributed by atoms with Gasteiger partial charge >= 0.3 is 35.8 Å². The van der Waals surface area contributed by atoms with Gasteiger partial charge in [0.2, 0.25) is 0 Å². The van der Waals surface area contributed by atoms with Crippen LogP contribution in [-0.2, 0) is 65.6 Å². The molecule has 21 heteroatoms. The molecule has 6 atom stereocenters. The van der Waals surface area contributed by atoms with Crippen molar-refractivity contribution in [2.24, 2.45) is 50.9 Å². The zero-order chi connectivity index (χ0) is 52.3. The van der Waals surface area contributed by atoms with Gasteiger partial charge in [-0.2, -0.15) is 0 Å². The van der Waals surface area contributed by atoms with E-state index in [1.54, 1.807) is 84.9 Å². The van der Waals surface area contributed by atoms with Crippen LogP contribution in [0.4, 0.5) is 0 Å². The fourth-order valence-corrected chi connectivity index (χ4v) is 6.75. The van der Waals surface area contributed by atoms with E-state index < -0.39 is 72.1 Å². The Balaban J connectivity index is 0.979. The summed E-state index contributed by atoms with van der Waals surface area (Å²) >= 11 is 0. The van der Waals surface area contributed by atoms with Gasteiger partial charge in [0.25, 0.3) is 0 Å². The van der Waals surface area contributed by atoms with Gasteiger partial charge in [0.1, 0.15) is 65.0 Å². The highest BCUT2D eigenvalue weighted by Gasteiger charge is 2.25. The fourth-order valence-electron chi connectivity index (χ4n) is 6.75. The van der Waals surface area contributed by atoms with Crippen LogP contribution >= 0.6 is 0 Å². The van der Waals surface area contributed by atoms with Crippen molar-refractivity contribution in [2.75, 3.05) is 6.54 Å². The minimum atomic E-state index is -1.23. The third kappa shape index (κ3) is 18.0. The number of rotatable bonds is 24. The molecule has 0 spiro atoms. The molecule has 0 aliphatic carbocycles. The lowest BCUT2D eigenvalue weighted by atomic mass is 10.1. The van der Waals surface area contributed by atoms with E-state index in [1.807, 2.05) is 0 Å². The lowest BCUT2D eigenvalue weighted by Crippen LogP contribution is -2.41. The minimum absolute atomic E-state index is 0.0147. The molecule has 0 aromatic heterocycles. The van der Waals surface area contributed by atoms with Crippen molar-refractivity contribution in [3.63, 3.8) is 0 Å². The molecule has 0 aliphatic heterocycles. The van der Waals surface area contributed by atoms with Crippen LogP contribution in [0.5, 0.6) is 28.7 Å². The van der Waals surface area contributed by atoms with E-state index in [-0.39, 0.29) is 66.8 Å². The van der Waals surface area contributed by atoms with Crippen molar-refractivity contribution >= 4 is 41.8 Å². The van der Waals surface area contributed by atoms with Gasteiger partial charge < -0.3 is 74.7 Å². The summed E-state index contributed by atoms with van der Waals surface area (Å²) in [7, 11) is 0. The van der Waals surface area contributed by atoms with Crippen molar-refractivity contribution < 1.29 is 57.6 Å². The number of guanidine groups is 1. The Morgan fingerprint density at radius 2 is 0.639 bits per heavy atom. The van der Waals surface area contributed by atoms with E-state index in [2.05, 4.69) is 4.99 Å². The number of aromatic hydroxyl groups is 1. The van der Waals surface area contributed by atoms with Crippen molar-refractivity contribution in [3.05, 3.63) is 149 Å². The maximum Gasteiger partial charge on any atom is 0.330 e. The SMILES string of the molecule is NC(N)=NCCC[C@H](N)C(=O)Oc1ccc(C[C@H](N)C(=O)Oc2ccc(C[C@H](N)C(=O)OC(=O)[C@@H](N)Cc3ccc(OC(=O)[C@@H](N)Cc4ccc(OC(=O)[C@@H](N)Cc5ccc(O)cc5)cc4)cc3)cc2)cc1. The Kier molecular flexibility index (Phi) is 20.4. The first-order chi connectivity index (χ1) is 34.3. The van der Waals surface area contributed by atoms with Gasteiger partial charge in [-0.25, -0.2) is 28.8 Å². The van der Waals surface area contributed by atoms with Gasteiger partial charge in [-0.1, -0.05) is 60.7 Å². The second-order valence-electron chi connectivity index (χ2n) is 16.8. The highest BCUT2D eigenvalue weighted by molar-refractivity contribution is 5.91. The number of nitrogens with two attached hydrogens (primary N) is 8. The molecule has 0 saturated heterocycles. The number of phenols is 1. The van der Waals surface area contributed by atoms with Crippen LogP contribution in [0.15, 0.2) is 126 Å². The van der Waals surface area contributed by atoms with E-state index >= 15 is 0 Å². The Labute approximate surface area is 414 Å². The maximum absolute atomic E-state index is 12.8. The van der Waals surface area contributed by atoms with Crippen molar-refractivity contribution in [1.82, 2.24) is 0 Å². The number of hydrogen-bond donors (Lipinski definition) is 9. The molecule has 0 amide bonds. The molecule has 0 saturated carbocycles. The number of esters is 6. The second-order valence-corrected chi connectivity index (χ2v) is 16.8. The van der Waals surface area contributed by atoms with Crippen LogP contribution in [0, 0.1) is 0 Å². The van der Waals surface area contributed by atoms with Crippen LogP contribution in [0.2, 0.25) is 0 Å². The summed E-state index contributed by atoms with van der Waals surface area (Å²) in [5, 5.41) is 9.44. The van der Waals surface area contributed by atoms with Gasteiger partial charge in [0, 0.05) is 6.54 Å². The summed E-state index contributed by atoms with van der Waals surface area (Å²) in [6.45, 7) is 0.336. The van der Waals surface area contributed by atoms with E-state index in [0.29, 0.717) is 41.6 Å². The summed E-state index contributed by atoms with van der Waals surface area (Å²) in [4.78, 5) is 79.7. The first-order valence-corrected chi connectivity index (χ1v) is 22.7. The summed E-state index contributed by atoms with van der Waals surface area (Å²) < 4.78 is 26.5. The molecule has 0 aliphatic rings. The van der Waals surface area contributed by atoms with Crippen LogP contribution in [0.25, 0.3) is 0 Å². The molecule has 0 unspecified atom stereocenters. The van der Waals surface area contributed by atoms with Crippen LogP contribution in [-0.4, -0.2) is 89.7 Å². The molecule has 5 aromatic carbocycles. The first-order valence-electron chi connectivity index (χ1n) is 22.7. The number of carbonyl (C=O) groups excluding carboxylic acids is 6. The highest BCUT2D eigenvalue weighted by atomic mass is 16.6. The van der Waals surface area contributed by atoms with Crippen molar-refractivity contribution in [3.8, 4) is 28.7 Å². The number of nitrogens with zero attached hydrogens (tertiary/aromatic N) is 1. The summed E-state index contributed by atoms with van der Waals surface area (Å²) in [5.41, 5.74) is 50.1. The van der Waals surface area contributed by atoms with E-state index in [4.69, 9.17) is 69.6 Å². The van der Waals surface area contributed by atoms with E-state index in [9.17, 15) is 33.9 Å². The monoisotopic (exact) mass is 989 g/mol. The fraction of sp³-hybridized carbons (Fsp3) is 0.275. The number of hydrogen-bond acceptors (Lipinski definition) is 19. The van der Waals surface area contributed by atoms with E-state index in [0.717, 1.165) is 5.56 Å². The first kappa shape index (κ1) is 54.9. The predicted molar refractivity (Wildman–Crippen MR) is 264 cm³/mol. The van der Waals surface area contributed by atoms with Gasteiger partial charge in [0.15, 0.2) is 5.96 Å². The average Bonchev–Trinajstić information content (AvgIpc) is 3.35. The number of phenolic OH excluding ortho intramolecular Hbond substituents is 1. The number of aliphatic imine (C=N–C) groups is 1. The minimum Gasteiger partial charge on any atom is -0.508 e. The molecule has 72 heavy (non-hydrogen) atoms. The summed E-state index contributed by atoms with van der Waals surface area (Å²) in [5.74, 6) is -3.69. The smallest absolute Gasteiger partial charge is 0.330 e. The van der Waals surface area contributed by atoms with Crippen LogP contribution in [0.1, 0.15) is 40.7 Å². The predicted octanol–water partition coefficient (Wildman–Crippen LogP) is 0.614. The Morgan fingerprint density at radius 3 is 0.917 bits per heavy atom. The molecule has 0 fully saturated rings. The molecule has 5 aromatic rings. The number of carbonyl (C=O) groups is 6. The molecule has 21 nitrogen and oxygen atoms in total. The topological polar surface area (TPSA) is 389 Å². The quantitative estimate of drug-likeness (QED) is 0.0102.